The first-order valence-electron chi connectivity index (χ1n) is 8.38. The van der Waals surface area contributed by atoms with Crippen LogP contribution in [0.5, 0.6) is 0 Å². The summed E-state index contributed by atoms with van der Waals surface area (Å²) in [7, 11) is -4.02. The van der Waals surface area contributed by atoms with Gasteiger partial charge < -0.3 is 0 Å². The molecule has 0 aliphatic rings. The lowest BCUT2D eigenvalue weighted by Gasteiger charge is -2.25. The Kier molecular flexibility index (Phi) is 5.28. The largest absolute Gasteiger partial charge is 0.264 e. The zero-order valence-corrected chi connectivity index (χ0v) is 15.8. The van der Waals surface area contributed by atoms with E-state index in [1.165, 1.54) is 24.3 Å². The number of aryl methyl sites for hydroxylation is 2. The zero-order valence-electron chi connectivity index (χ0n) is 15.0. The highest BCUT2D eigenvalue weighted by atomic mass is 32.2. The van der Waals surface area contributed by atoms with E-state index in [4.69, 9.17) is 0 Å². The maximum absolute atomic E-state index is 14.1. The van der Waals surface area contributed by atoms with Crippen LogP contribution in [0, 0.1) is 25.5 Å². The first-order chi connectivity index (χ1) is 12.8. The van der Waals surface area contributed by atoms with E-state index < -0.39 is 21.7 Å². The standard InChI is InChI=1S/C21H19F2NO2S/c1-15-5-3-4-6-17(15)14-24(19-10-7-16(2)21(23)13-19)27(25,26)20-11-8-18(22)9-12-20/h3-13H,14H2,1-2H3. The van der Waals surface area contributed by atoms with Crippen molar-refractivity contribution in [3.8, 4) is 0 Å². The van der Waals surface area contributed by atoms with Crippen molar-refractivity contribution >= 4 is 15.7 Å². The van der Waals surface area contributed by atoms with Crippen molar-refractivity contribution in [1.29, 1.82) is 0 Å². The second-order valence-electron chi connectivity index (χ2n) is 6.33. The summed E-state index contributed by atoms with van der Waals surface area (Å²) in [5.74, 6) is -1.02. The molecule has 3 aromatic carbocycles. The summed E-state index contributed by atoms with van der Waals surface area (Å²) in [4.78, 5) is -0.0570. The van der Waals surface area contributed by atoms with Crippen LogP contribution in [0.1, 0.15) is 16.7 Å². The fourth-order valence-electron chi connectivity index (χ4n) is 2.73. The highest BCUT2D eigenvalue weighted by Crippen LogP contribution is 2.28. The Hall–Kier alpha value is -2.73. The third kappa shape index (κ3) is 4.01. The van der Waals surface area contributed by atoms with Gasteiger partial charge in [0, 0.05) is 0 Å². The van der Waals surface area contributed by atoms with Crippen LogP contribution in [0.4, 0.5) is 14.5 Å². The van der Waals surface area contributed by atoms with Crippen LogP contribution >= 0.6 is 0 Å². The fraction of sp³-hybridized carbons (Fsp3) is 0.143. The van der Waals surface area contributed by atoms with Gasteiger partial charge in [-0.25, -0.2) is 17.2 Å². The van der Waals surface area contributed by atoms with Crippen LogP contribution in [-0.2, 0) is 16.6 Å². The Bertz CT molecular complexity index is 1060. The normalized spacial score (nSPS) is 11.4. The van der Waals surface area contributed by atoms with Gasteiger partial charge in [-0.05, 0) is 66.9 Å². The second kappa shape index (κ2) is 7.48. The summed E-state index contributed by atoms with van der Waals surface area (Å²) in [6.45, 7) is 3.53. The number of rotatable bonds is 5. The van der Waals surface area contributed by atoms with Gasteiger partial charge in [0.05, 0.1) is 17.1 Å². The van der Waals surface area contributed by atoms with Gasteiger partial charge in [0.1, 0.15) is 11.6 Å². The number of nitrogens with zero attached hydrogens (tertiary/aromatic N) is 1. The molecular formula is C21H19F2NO2S. The maximum atomic E-state index is 14.1. The number of sulfonamides is 1. The molecule has 0 saturated heterocycles. The lowest BCUT2D eigenvalue weighted by molar-refractivity contribution is 0.588. The van der Waals surface area contributed by atoms with E-state index in [1.807, 2.05) is 31.2 Å². The molecule has 0 atom stereocenters. The average molecular weight is 387 g/mol. The van der Waals surface area contributed by atoms with E-state index in [2.05, 4.69) is 0 Å². The van der Waals surface area contributed by atoms with Crippen molar-refractivity contribution in [3.05, 3.63) is 95.1 Å². The molecule has 0 unspecified atom stereocenters. The number of hydrogen-bond acceptors (Lipinski definition) is 2. The van der Waals surface area contributed by atoms with Crippen LogP contribution in [0.15, 0.2) is 71.6 Å². The SMILES string of the molecule is Cc1ccc(N(Cc2ccccc2C)S(=O)(=O)c2ccc(F)cc2)cc1F. The van der Waals surface area contributed by atoms with Gasteiger partial charge in [0.2, 0.25) is 0 Å². The Labute approximate surface area is 157 Å². The molecule has 3 rings (SSSR count). The van der Waals surface area contributed by atoms with Crippen molar-refractivity contribution in [2.45, 2.75) is 25.3 Å². The monoisotopic (exact) mass is 387 g/mol. The van der Waals surface area contributed by atoms with E-state index in [1.54, 1.807) is 13.0 Å². The summed E-state index contributed by atoms with van der Waals surface area (Å²) >= 11 is 0. The number of benzene rings is 3. The molecule has 3 nitrogen and oxygen atoms in total. The summed E-state index contributed by atoms with van der Waals surface area (Å²) in [5.41, 5.74) is 2.35. The third-order valence-corrected chi connectivity index (χ3v) is 6.21. The van der Waals surface area contributed by atoms with Gasteiger partial charge in [-0.15, -0.1) is 0 Å². The van der Waals surface area contributed by atoms with E-state index in [0.29, 0.717) is 5.56 Å². The summed E-state index contributed by atoms with van der Waals surface area (Å²) in [5, 5.41) is 0. The highest BCUT2D eigenvalue weighted by molar-refractivity contribution is 7.92. The molecule has 0 amide bonds. The van der Waals surface area contributed by atoms with E-state index in [9.17, 15) is 17.2 Å². The van der Waals surface area contributed by atoms with Crippen LogP contribution in [-0.4, -0.2) is 8.42 Å². The Morgan fingerprint density at radius 1 is 0.852 bits per heavy atom. The first-order valence-corrected chi connectivity index (χ1v) is 9.82. The van der Waals surface area contributed by atoms with Gasteiger partial charge in [-0.1, -0.05) is 30.3 Å². The molecule has 6 heteroatoms. The predicted octanol–water partition coefficient (Wildman–Crippen LogP) is 4.98. The van der Waals surface area contributed by atoms with Crippen LogP contribution in [0.2, 0.25) is 0 Å². The van der Waals surface area contributed by atoms with Gasteiger partial charge in [0.25, 0.3) is 10.0 Å². The Morgan fingerprint density at radius 2 is 1.52 bits per heavy atom. The predicted molar refractivity (Wildman–Crippen MR) is 102 cm³/mol. The third-order valence-electron chi connectivity index (χ3n) is 4.42. The molecule has 0 fully saturated rings. The number of halogens is 2. The van der Waals surface area contributed by atoms with Crippen molar-refractivity contribution in [2.75, 3.05) is 4.31 Å². The number of anilines is 1. The quantitative estimate of drug-likeness (QED) is 0.619. The zero-order chi connectivity index (χ0) is 19.6. The molecule has 0 N–H and O–H groups in total. The lowest BCUT2D eigenvalue weighted by Crippen LogP contribution is -2.31. The minimum Gasteiger partial charge on any atom is -0.262 e. The molecule has 27 heavy (non-hydrogen) atoms. The maximum Gasteiger partial charge on any atom is 0.264 e. The lowest BCUT2D eigenvalue weighted by atomic mass is 10.1. The minimum absolute atomic E-state index is 0.0366. The fourth-order valence-corrected chi connectivity index (χ4v) is 4.16. The number of hydrogen-bond donors (Lipinski definition) is 0. The van der Waals surface area contributed by atoms with Gasteiger partial charge in [-0.3, -0.25) is 4.31 Å². The first kappa shape index (κ1) is 19.0. The molecule has 0 heterocycles. The summed E-state index contributed by atoms with van der Waals surface area (Å²) < 4.78 is 55.0. The second-order valence-corrected chi connectivity index (χ2v) is 8.19. The Balaban J connectivity index is 2.12. The molecule has 140 valence electrons. The van der Waals surface area contributed by atoms with Gasteiger partial charge in [-0.2, -0.15) is 0 Å². The topological polar surface area (TPSA) is 37.4 Å². The average Bonchev–Trinajstić information content (AvgIpc) is 2.64. The van der Waals surface area contributed by atoms with Crippen LogP contribution < -0.4 is 4.31 Å². The smallest absolute Gasteiger partial charge is 0.262 e. The highest BCUT2D eigenvalue weighted by Gasteiger charge is 2.26. The minimum atomic E-state index is -4.02. The Morgan fingerprint density at radius 3 is 2.15 bits per heavy atom. The summed E-state index contributed by atoms with van der Waals surface area (Å²) in [6.07, 6.45) is 0. The van der Waals surface area contributed by atoms with E-state index in [-0.39, 0.29) is 17.1 Å². The van der Waals surface area contributed by atoms with Crippen LogP contribution in [0.3, 0.4) is 0 Å². The molecular weight excluding hydrogens is 368 g/mol. The molecule has 0 aliphatic heterocycles. The van der Waals surface area contributed by atoms with E-state index >= 15 is 0 Å². The van der Waals surface area contributed by atoms with Gasteiger partial charge >= 0.3 is 0 Å². The summed E-state index contributed by atoms with van der Waals surface area (Å²) in [6, 6.07) is 16.3. The van der Waals surface area contributed by atoms with Crippen molar-refractivity contribution in [3.63, 3.8) is 0 Å². The van der Waals surface area contributed by atoms with E-state index in [0.717, 1.165) is 27.6 Å². The molecule has 3 aromatic rings. The molecule has 0 aromatic heterocycles. The van der Waals surface area contributed by atoms with Crippen LogP contribution in [0.25, 0.3) is 0 Å². The van der Waals surface area contributed by atoms with Crippen molar-refractivity contribution in [2.24, 2.45) is 0 Å². The molecule has 0 spiro atoms. The molecule has 0 bridgehead atoms. The van der Waals surface area contributed by atoms with Crippen molar-refractivity contribution < 1.29 is 17.2 Å². The molecule has 0 radical (unpaired) electrons. The molecule has 0 aliphatic carbocycles. The van der Waals surface area contributed by atoms with Crippen molar-refractivity contribution in [1.82, 2.24) is 0 Å². The molecule has 0 saturated carbocycles. The van der Waals surface area contributed by atoms with Gasteiger partial charge in [0.15, 0.2) is 0 Å².